The summed E-state index contributed by atoms with van der Waals surface area (Å²) in [6.07, 6.45) is 8.90. The quantitative estimate of drug-likeness (QED) is 0.772. The fourth-order valence-electron chi connectivity index (χ4n) is 5.64. The van der Waals surface area contributed by atoms with E-state index in [0.29, 0.717) is 17.8 Å². The molecule has 0 amide bonds. The smallest absolute Gasteiger partial charge is 0.255 e. The van der Waals surface area contributed by atoms with Crippen LogP contribution in [0.2, 0.25) is 0 Å². The molecule has 5 rings (SSSR count). The number of nitrogens with zero attached hydrogens (tertiary/aromatic N) is 5. The van der Waals surface area contributed by atoms with Gasteiger partial charge in [0.05, 0.1) is 0 Å². The minimum Gasteiger partial charge on any atom is -0.355 e. The van der Waals surface area contributed by atoms with Crippen molar-refractivity contribution in [1.29, 1.82) is 0 Å². The lowest BCUT2D eigenvalue weighted by Crippen LogP contribution is -2.47. The van der Waals surface area contributed by atoms with E-state index >= 15 is 0 Å². The Balaban J connectivity index is 1.28. The highest BCUT2D eigenvalue weighted by atomic mass is 16.1. The van der Waals surface area contributed by atoms with E-state index in [1.807, 2.05) is 19.3 Å². The van der Waals surface area contributed by atoms with Gasteiger partial charge in [-0.05, 0) is 51.3 Å². The molecule has 2 aromatic heterocycles. The highest BCUT2D eigenvalue weighted by molar-refractivity contribution is 5.25. The first-order chi connectivity index (χ1) is 15.2. The Bertz CT molecular complexity index is 950. The Morgan fingerprint density at radius 1 is 1.00 bits per heavy atom. The molecule has 0 unspecified atom stereocenters. The van der Waals surface area contributed by atoms with Crippen LogP contribution in [0.5, 0.6) is 0 Å². The summed E-state index contributed by atoms with van der Waals surface area (Å²) in [5.74, 6) is 1.66. The molecule has 2 aromatic rings. The monoisotopic (exact) mass is 422 g/mol. The molecule has 0 radical (unpaired) electrons. The third-order valence-corrected chi connectivity index (χ3v) is 7.05. The van der Waals surface area contributed by atoms with Crippen molar-refractivity contribution >= 4 is 5.95 Å². The van der Waals surface area contributed by atoms with Gasteiger partial charge in [0.1, 0.15) is 0 Å². The Hall–Kier alpha value is -2.25. The molecule has 7 nitrogen and oxygen atoms in total. The molecule has 3 aliphatic rings. The largest absolute Gasteiger partial charge is 0.355 e. The van der Waals surface area contributed by atoms with Gasteiger partial charge in [0.25, 0.3) is 5.56 Å². The van der Waals surface area contributed by atoms with Crippen LogP contribution in [-0.4, -0.2) is 57.1 Å². The molecule has 0 saturated carbocycles. The van der Waals surface area contributed by atoms with Gasteiger partial charge in [-0.3, -0.25) is 14.6 Å². The van der Waals surface area contributed by atoms with Crippen molar-refractivity contribution in [2.45, 2.75) is 58.2 Å². The zero-order valence-corrected chi connectivity index (χ0v) is 18.6. The Labute approximate surface area is 184 Å². The van der Waals surface area contributed by atoms with Crippen LogP contribution in [0.3, 0.4) is 0 Å². The van der Waals surface area contributed by atoms with Crippen LogP contribution in [0, 0.1) is 5.92 Å². The van der Waals surface area contributed by atoms with Gasteiger partial charge in [-0.15, -0.1) is 0 Å². The molecule has 31 heavy (non-hydrogen) atoms. The van der Waals surface area contributed by atoms with Crippen LogP contribution >= 0.6 is 0 Å². The van der Waals surface area contributed by atoms with Gasteiger partial charge in [0.15, 0.2) is 0 Å². The normalized spacial score (nSPS) is 24.0. The summed E-state index contributed by atoms with van der Waals surface area (Å²) in [5.41, 5.74) is 3.60. The topological polar surface area (TPSA) is 66.3 Å². The van der Waals surface area contributed by atoms with Crippen molar-refractivity contribution in [3.63, 3.8) is 0 Å². The minimum atomic E-state index is 0.249. The second kappa shape index (κ2) is 9.09. The summed E-state index contributed by atoms with van der Waals surface area (Å²) in [6.45, 7) is 9.69. The van der Waals surface area contributed by atoms with E-state index in [4.69, 9.17) is 0 Å². The minimum absolute atomic E-state index is 0.249. The fraction of sp³-hybridized carbons (Fsp3) is 0.625. The average Bonchev–Trinajstić information content (AvgIpc) is 2.78. The van der Waals surface area contributed by atoms with Gasteiger partial charge >= 0.3 is 0 Å². The van der Waals surface area contributed by atoms with Crippen LogP contribution in [0.25, 0.3) is 0 Å². The standard InChI is InChI=1S/C24H34N6O/c1-2-25-24-26-11-19(12-27-24)14-29-13-18-10-21(17-29)22-7-6-20(23(31)30(22)15-18)16-28-8-4-3-5-9-28/h6-7,11-12,18,21H,2-5,8-10,13-17H2,1H3,(H,25,26,27)/t18-,21+/m0/s1. The number of anilines is 1. The van der Waals surface area contributed by atoms with Crippen molar-refractivity contribution < 1.29 is 0 Å². The molecular formula is C24H34N6O. The van der Waals surface area contributed by atoms with Crippen LogP contribution in [0.4, 0.5) is 5.95 Å². The molecule has 2 fully saturated rings. The molecular weight excluding hydrogens is 388 g/mol. The maximum Gasteiger partial charge on any atom is 0.255 e. The highest BCUT2D eigenvalue weighted by Crippen LogP contribution is 2.35. The molecule has 0 spiro atoms. The average molecular weight is 423 g/mol. The summed E-state index contributed by atoms with van der Waals surface area (Å²) in [7, 11) is 0. The molecule has 166 valence electrons. The number of hydrogen-bond donors (Lipinski definition) is 1. The molecule has 5 heterocycles. The molecule has 1 N–H and O–H groups in total. The Morgan fingerprint density at radius 2 is 1.81 bits per heavy atom. The molecule has 3 aliphatic heterocycles. The lowest BCUT2D eigenvalue weighted by molar-refractivity contribution is 0.114. The van der Waals surface area contributed by atoms with Crippen molar-refractivity contribution in [3.05, 3.63) is 51.7 Å². The zero-order valence-electron chi connectivity index (χ0n) is 18.6. The van der Waals surface area contributed by atoms with E-state index in [-0.39, 0.29) is 5.56 Å². The van der Waals surface area contributed by atoms with E-state index in [0.717, 1.165) is 63.5 Å². The number of pyridine rings is 1. The SMILES string of the molecule is CCNc1ncc(CN2C[C@@H]3C[C@H](C2)c2ccc(CN4CCCCC4)c(=O)n2C3)cn1. The molecule has 2 bridgehead atoms. The van der Waals surface area contributed by atoms with Crippen molar-refractivity contribution in [1.82, 2.24) is 24.3 Å². The fourth-order valence-corrected chi connectivity index (χ4v) is 5.64. The molecule has 2 saturated heterocycles. The first kappa shape index (κ1) is 20.6. The Kier molecular flexibility index (Phi) is 6.05. The van der Waals surface area contributed by atoms with Crippen molar-refractivity contribution in [2.75, 3.05) is 38.0 Å². The molecule has 7 heteroatoms. The van der Waals surface area contributed by atoms with Crippen LogP contribution in [0.15, 0.2) is 29.3 Å². The molecule has 2 atom stereocenters. The third kappa shape index (κ3) is 4.53. The second-order valence-electron chi connectivity index (χ2n) is 9.47. The number of piperidine rings is 2. The summed E-state index contributed by atoms with van der Waals surface area (Å²) in [4.78, 5) is 27.1. The summed E-state index contributed by atoms with van der Waals surface area (Å²) in [5, 5.41) is 3.15. The Morgan fingerprint density at radius 3 is 2.58 bits per heavy atom. The third-order valence-electron chi connectivity index (χ3n) is 7.05. The van der Waals surface area contributed by atoms with Gasteiger partial charge in [-0.1, -0.05) is 12.5 Å². The summed E-state index contributed by atoms with van der Waals surface area (Å²) in [6, 6.07) is 4.34. The van der Waals surface area contributed by atoms with Gasteiger partial charge in [-0.2, -0.15) is 0 Å². The number of hydrogen-bond acceptors (Lipinski definition) is 6. The van der Waals surface area contributed by atoms with Crippen LogP contribution < -0.4 is 10.9 Å². The highest BCUT2D eigenvalue weighted by Gasteiger charge is 2.35. The number of likely N-dealkylation sites (tertiary alicyclic amines) is 2. The van der Waals surface area contributed by atoms with Gasteiger partial charge < -0.3 is 9.88 Å². The zero-order chi connectivity index (χ0) is 21.2. The van der Waals surface area contributed by atoms with Gasteiger partial charge in [0, 0.05) is 74.4 Å². The predicted molar refractivity (Wildman–Crippen MR) is 122 cm³/mol. The van der Waals surface area contributed by atoms with E-state index in [1.165, 1.54) is 31.4 Å². The maximum absolute atomic E-state index is 13.3. The van der Waals surface area contributed by atoms with E-state index in [9.17, 15) is 4.79 Å². The van der Waals surface area contributed by atoms with Gasteiger partial charge in [0.2, 0.25) is 5.95 Å². The first-order valence-electron chi connectivity index (χ1n) is 11.9. The summed E-state index contributed by atoms with van der Waals surface area (Å²) >= 11 is 0. The lowest BCUT2D eigenvalue weighted by Gasteiger charge is -2.43. The lowest BCUT2D eigenvalue weighted by atomic mass is 9.83. The summed E-state index contributed by atoms with van der Waals surface area (Å²) < 4.78 is 2.10. The van der Waals surface area contributed by atoms with E-state index < -0.39 is 0 Å². The predicted octanol–water partition coefficient (Wildman–Crippen LogP) is 2.68. The van der Waals surface area contributed by atoms with Crippen LogP contribution in [0.1, 0.15) is 55.3 Å². The first-order valence-corrected chi connectivity index (χ1v) is 11.9. The number of aromatic nitrogens is 3. The maximum atomic E-state index is 13.3. The second-order valence-corrected chi connectivity index (χ2v) is 9.47. The number of nitrogens with one attached hydrogen (secondary N) is 1. The van der Waals surface area contributed by atoms with Crippen LogP contribution in [-0.2, 0) is 19.6 Å². The molecule has 0 aliphatic carbocycles. The van der Waals surface area contributed by atoms with E-state index in [1.54, 1.807) is 0 Å². The van der Waals surface area contributed by atoms with Crippen molar-refractivity contribution in [2.24, 2.45) is 5.92 Å². The van der Waals surface area contributed by atoms with E-state index in [2.05, 4.69) is 41.8 Å². The van der Waals surface area contributed by atoms with Gasteiger partial charge in [-0.25, -0.2) is 9.97 Å². The number of rotatable bonds is 6. The van der Waals surface area contributed by atoms with Crippen molar-refractivity contribution in [3.8, 4) is 0 Å². The molecule has 0 aromatic carbocycles. The number of fused-ring (bicyclic) bond motifs is 4.